The topological polar surface area (TPSA) is 101 Å². The second-order valence-corrected chi connectivity index (χ2v) is 4.52. The quantitative estimate of drug-likeness (QED) is 0.631. The van der Waals surface area contributed by atoms with Gasteiger partial charge in [0.25, 0.3) is 0 Å². The maximum atomic E-state index is 11.7. The molecule has 1 aromatic rings. The second kappa shape index (κ2) is 5.32. The van der Waals surface area contributed by atoms with Crippen molar-refractivity contribution in [2.75, 3.05) is 18.9 Å². The number of nitrogens with zero attached hydrogens (tertiary/aromatic N) is 2. The molecule has 3 atom stereocenters. The van der Waals surface area contributed by atoms with E-state index in [9.17, 15) is 15.0 Å². The van der Waals surface area contributed by atoms with E-state index >= 15 is 0 Å². The van der Waals surface area contributed by atoms with Crippen molar-refractivity contribution >= 4 is 5.82 Å². The SMILES string of the molecule is Nc1ccn([C@@H]2C=C[C@H](CO)[C@@H](CO)C2)c(=O)n1. The molecule has 0 aromatic carbocycles. The molecule has 1 aromatic heterocycles. The monoisotopic (exact) mass is 251 g/mol. The number of aliphatic hydroxyl groups is 2. The molecule has 4 N–H and O–H groups in total. The van der Waals surface area contributed by atoms with E-state index in [0.717, 1.165) is 0 Å². The molecule has 0 radical (unpaired) electrons. The number of allylic oxidation sites excluding steroid dienone is 1. The third-order valence-electron chi connectivity index (χ3n) is 3.38. The van der Waals surface area contributed by atoms with Gasteiger partial charge in [0.05, 0.1) is 6.04 Å². The van der Waals surface area contributed by atoms with Crippen LogP contribution in [0.15, 0.2) is 29.2 Å². The summed E-state index contributed by atoms with van der Waals surface area (Å²) in [4.78, 5) is 15.4. The van der Waals surface area contributed by atoms with Gasteiger partial charge in [-0.3, -0.25) is 4.57 Å². The number of nitrogens with two attached hydrogens (primary N) is 1. The number of anilines is 1. The van der Waals surface area contributed by atoms with Crippen LogP contribution in [-0.4, -0.2) is 33.0 Å². The molecule has 98 valence electrons. The van der Waals surface area contributed by atoms with Gasteiger partial charge in [-0.15, -0.1) is 0 Å². The summed E-state index contributed by atoms with van der Waals surface area (Å²) in [6, 6.07) is 1.42. The Balaban J connectivity index is 2.27. The number of hydrogen-bond acceptors (Lipinski definition) is 5. The van der Waals surface area contributed by atoms with E-state index in [2.05, 4.69) is 4.98 Å². The number of aliphatic hydroxyl groups excluding tert-OH is 2. The zero-order chi connectivity index (χ0) is 13.1. The molecule has 1 aliphatic carbocycles. The van der Waals surface area contributed by atoms with Crippen molar-refractivity contribution in [1.29, 1.82) is 0 Å². The summed E-state index contributed by atoms with van der Waals surface area (Å²) in [5.41, 5.74) is 5.04. The molecular weight excluding hydrogens is 234 g/mol. The Kier molecular flexibility index (Phi) is 3.78. The highest BCUT2D eigenvalue weighted by atomic mass is 16.3. The van der Waals surface area contributed by atoms with Crippen LogP contribution >= 0.6 is 0 Å². The second-order valence-electron chi connectivity index (χ2n) is 4.52. The minimum absolute atomic E-state index is 0.00331. The summed E-state index contributed by atoms with van der Waals surface area (Å²) >= 11 is 0. The van der Waals surface area contributed by atoms with Crippen LogP contribution in [0.2, 0.25) is 0 Å². The first-order valence-corrected chi connectivity index (χ1v) is 5.90. The third-order valence-corrected chi connectivity index (χ3v) is 3.38. The standard InChI is InChI=1S/C12H17N3O3/c13-11-3-4-15(12(18)14-11)10-2-1-8(6-16)9(5-10)7-17/h1-4,8-10,16-17H,5-7H2,(H2,13,14,18)/t8-,9-,10-/m1/s1. The van der Waals surface area contributed by atoms with Crippen LogP contribution in [0.1, 0.15) is 12.5 Å². The van der Waals surface area contributed by atoms with Crippen LogP contribution in [0.5, 0.6) is 0 Å². The lowest BCUT2D eigenvalue weighted by atomic mass is 9.82. The number of nitrogen functional groups attached to an aromatic ring is 1. The minimum atomic E-state index is -0.399. The summed E-state index contributed by atoms with van der Waals surface area (Å²) in [7, 11) is 0. The van der Waals surface area contributed by atoms with Crippen LogP contribution < -0.4 is 11.4 Å². The van der Waals surface area contributed by atoms with Gasteiger partial charge in [-0.25, -0.2) is 4.79 Å². The van der Waals surface area contributed by atoms with Gasteiger partial charge >= 0.3 is 5.69 Å². The molecule has 6 heteroatoms. The average molecular weight is 251 g/mol. The van der Waals surface area contributed by atoms with Crippen LogP contribution in [0.25, 0.3) is 0 Å². The van der Waals surface area contributed by atoms with Gasteiger partial charge in [0.2, 0.25) is 0 Å². The zero-order valence-electron chi connectivity index (χ0n) is 9.94. The first kappa shape index (κ1) is 12.8. The summed E-state index contributed by atoms with van der Waals surface area (Å²) in [5.74, 6) is 0.0983. The molecule has 18 heavy (non-hydrogen) atoms. The Bertz CT molecular complexity index is 498. The van der Waals surface area contributed by atoms with E-state index in [1.54, 1.807) is 12.3 Å². The van der Waals surface area contributed by atoms with Crippen LogP contribution in [0, 0.1) is 11.8 Å². The summed E-state index contributed by atoms with van der Waals surface area (Å²) in [6.45, 7) is -0.00739. The third kappa shape index (κ3) is 2.44. The van der Waals surface area contributed by atoms with E-state index in [1.165, 1.54) is 4.57 Å². The fraction of sp³-hybridized carbons (Fsp3) is 0.500. The van der Waals surface area contributed by atoms with Crippen molar-refractivity contribution in [3.05, 3.63) is 34.9 Å². The van der Waals surface area contributed by atoms with E-state index in [-0.39, 0.29) is 36.9 Å². The lowest BCUT2D eigenvalue weighted by Crippen LogP contribution is -2.32. The van der Waals surface area contributed by atoms with Gasteiger partial charge in [-0.1, -0.05) is 12.2 Å². The van der Waals surface area contributed by atoms with E-state index in [0.29, 0.717) is 6.42 Å². The van der Waals surface area contributed by atoms with Gasteiger partial charge in [0, 0.05) is 25.3 Å². The number of hydrogen-bond donors (Lipinski definition) is 3. The van der Waals surface area contributed by atoms with Crippen molar-refractivity contribution in [3.63, 3.8) is 0 Å². The maximum absolute atomic E-state index is 11.7. The number of aromatic nitrogens is 2. The van der Waals surface area contributed by atoms with E-state index in [4.69, 9.17) is 5.73 Å². The molecule has 0 unspecified atom stereocenters. The molecule has 0 spiro atoms. The molecular formula is C12H17N3O3. The highest BCUT2D eigenvalue weighted by Crippen LogP contribution is 2.30. The van der Waals surface area contributed by atoms with Gasteiger partial charge in [-0.05, 0) is 18.4 Å². The predicted molar refractivity (Wildman–Crippen MR) is 66.9 cm³/mol. The predicted octanol–water partition coefficient (Wildman–Crippen LogP) is -0.457. The van der Waals surface area contributed by atoms with E-state index in [1.807, 2.05) is 12.2 Å². The Morgan fingerprint density at radius 1 is 1.39 bits per heavy atom. The Labute approximate surface area is 104 Å². The molecule has 0 bridgehead atoms. The normalized spacial score (nSPS) is 27.3. The van der Waals surface area contributed by atoms with Gasteiger partial charge in [0.15, 0.2) is 0 Å². The Hall–Kier alpha value is -1.66. The maximum Gasteiger partial charge on any atom is 0.350 e. The summed E-state index contributed by atoms with van der Waals surface area (Å²) < 4.78 is 1.49. The average Bonchev–Trinajstić information content (AvgIpc) is 2.38. The summed E-state index contributed by atoms with van der Waals surface area (Å²) in [5, 5.41) is 18.5. The minimum Gasteiger partial charge on any atom is -0.396 e. The molecule has 0 aliphatic heterocycles. The van der Waals surface area contributed by atoms with Crippen molar-refractivity contribution in [3.8, 4) is 0 Å². The Morgan fingerprint density at radius 2 is 2.17 bits per heavy atom. The molecule has 1 heterocycles. The van der Waals surface area contributed by atoms with E-state index < -0.39 is 5.69 Å². The largest absolute Gasteiger partial charge is 0.396 e. The fourth-order valence-electron chi connectivity index (χ4n) is 2.30. The van der Waals surface area contributed by atoms with Crippen molar-refractivity contribution < 1.29 is 10.2 Å². The zero-order valence-corrected chi connectivity index (χ0v) is 9.94. The lowest BCUT2D eigenvalue weighted by Gasteiger charge is -2.30. The molecule has 0 saturated carbocycles. The van der Waals surface area contributed by atoms with Crippen molar-refractivity contribution in [2.45, 2.75) is 12.5 Å². The molecule has 0 saturated heterocycles. The van der Waals surface area contributed by atoms with Gasteiger partial charge in [0.1, 0.15) is 5.82 Å². The van der Waals surface area contributed by atoms with Crippen LogP contribution in [0.4, 0.5) is 5.82 Å². The highest BCUT2D eigenvalue weighted by molar-refractivity contribution is 5.24. The van der Waals surface area contributed by atoms with Crippen molar-refractivity contribution in [2.24, 2.45) is 11.8 Å². The van der Waals surface area contributed by atoms with Crippen molar-refractivity contribution in [1.82, 2.24) is 9.55 Å². The fourth-order valence-corrected chi connectivity index (χ4v) is 2.30. The van der Waals surface area contributed by atoms with Crippen LogP contribution in [0.3, 0.4) is 0 Å². The molecule has 0 fully saturated rings. The summed E-state index contributed by atoms with van der Waals surface area (Å²) in [6.07, 6.45) is 5.92. The smallest absolute Gasteiger partial charge is 0.350 e. The highest BCUT2D eigenvalue weighted by Gasteiger charge is 2.26. The van der Waals surface area contributed by atoms with Gasteiger partial charge in [-0.2, -0.15) is 4.98 Å². The first-order chi connectivity index (χ1) is 8.65. The van der Waals surface area contributed by atoms with Crippen LogP contribution in [-0.2, 0) is 0 Å². The van der Waals surface area contributed by atoms with Gasteiger partial charge < -0.3 is 15.9 Å². The molecule has 6 nitrogen and oxygen atoms in total. The number of rotatable bonds is 3. The molecule has 0 amide bonds. The first-order valence-electron chi connectivity index (χ1n) is 5.90. The Morgan fingerprint density at radius 3 is 2.78 bits per heavy atom. The molecule has 1 aliphatic rings. The lowest BCUT2D eigenvalue weighted by molar-refractivity contribution is 0.123. The molecule has 2 rings (SSSR count).